The summed E-state index contributed by atoms with van der Waals surface area (Å²) in [6, 6.07) is 17.3. The Morgan fingerprint density at radius 1 is 0.906 bits per heavy atom. The molecule has 164 valence electrons. The Balaban J connectivity index is 2.01. The first-order valence-corrected chi connectivity index (χ1v) is 11.2. The lowest BCUT2D eigenvalue weighted by Gasteiger charge is -2.14. The number of benzene rings is 2. The molecule has 0 saturated carbocycles. The molecule has 0 fully saturated rings. The first-order chi connectivity index (χ1) is 15.3. The van der Waals surface area contributed by atoms with Gasteiger partial charge in [-0.15, -0.1) is 11.3 Å². The van der Waals surface area contributed by atoms with Crippen molar-refractivity contribution in [1.82, 2.24) is 14.0 Å². The molecule has 1 amide bonds. The van der Waals surface area contributed by atoms with Crippen LogP contribution in [0.25, 0.3) is 10.2 Å². The SMILES string of the molecule is Cc1ccccc1Cn1c(=O)n(Cc2ccccc2)c(=O)c2c(C)c(C(=O)N(C)C)sc21. The van der Waals surface area contributed by atoms with Gasteiger partial charge in [0.1, 0.15) is 4.83 Å². The van der Waals surface area contributed by atoms with Crippen LogP contribution in [0.4, 0.5) is 0 Å². The van der Waals surface area contributed by atoms with Gasteiger partial charge in [0.05, 0.1) is 23.4 Å². The van der Waals surface area contributed by atoms with E-state index in [-0.39, 0.29) is 23.7 Å². The van der Waals surface area contributed by atoms with Crippen molar-refractivity contribution in [1.29, 1.82) is 0 Å². The van der Waals surface area contributed by atoms with E-state index in [0.717, 1.165) is 16.7 Å². The highest BCUT2D eigenvalue weighted by molar-refractivity contribution is 7.20. The van der Waals surface area contributed by atoms with E-state index in [2.05, 4.69) is 0 Å². The molecule has 2 heterocycles. The second kappa shape index (κ2) is 8.59. The molecule has 32 heavy (non-hydrogen) atoms. The number of nitrogens with zero attached hydrogens (tertiary/aromatic N) is 3. The summed E-state index contributed by atoms with van der Waals surface area (Å²) in [4.78, 5) is 42.4. The van der Waals surface area contributed by atoms with Crippen LogP contribution in [0.2, 0.25) is 0 Å². The Kier molecular flexibility index (Phi) is 5.84. The highest BCUT2D eigenvalue weighted by Gasteiger charge is 2.24. The molecule has 0 aliphatic carbocycles. The van der Waals surface area contributed by atoms with E-state index in [1.165, 1.54) is 20.8 Å². The fraction of sp³-hybridized carbons (Fsp3) is 0.240. The van der Waals surface area contributed by atoms with Gasteiger partial charge in [0.15, 0.2) is 0 Å². The molecule has 0 N–H and O–H groups in total. The topological polar surface area (TPSA) is 64.3 Å². The van der Waals surface area contributed by atoms with Crippen LogP contribution in [0.3, 0.4) is 0 Å². The predicted molar refractivity (Wildman–Crippen MR) is 129 cm³/mol. The van der Waals surface area contributed by atoms with Crippen molar-refractivity contribution in [3.8, 4) is 0 Å². The van der Waals surface area contributed by atoms with Gasteiger partial charge >= 0.3 is 5.69 Å². The number of hydrogen-bond acceptors (Lipinski definition) is 4. The molecule has 0 unspecified atom stereocenters. The lowest BCUT2D eigenvalue weighted by molar-refractivity contribution is 0.0831. The Hall–Kier alpha value is -3.45. The average Bonchev–Trinajstić information content (AvgIpc) is 3.12. The molecule has 0 radical (unpaired) electrons. The smallest absolute Gasteiger partial charge is 0.332 e. The molecule has 2 aromatic heterocycles. The van der Waals surface area contributed by atoms with Crippen molar-refractivity contribution in [2.75, 3.05) is 14.1 Å². The molecule has 0 saturated heterocycles. The molecule has 0 atom stereocenters. The van der Waals surface area contributed by atoms with Crippen LogP contribution in [0.5, 0.6) is 0 Å². The maximum atomic E-state index is 13.6. The minimum absolute atomic E-state index is 0.174. The number of hydrogen-bond donors (Lipinski definition) is 0. The molecule has 7 heteroatoms. The Morgan fingerprint density at radius 3 is 2.22 bits per heavy atom. The van der Waals surface area contributed by atoms with E-state index < -0.39 is 0 Å². The monoisotopic (exact) mass is 447 g/mol. The molecule has 0 spiro atoms. The summed E-state index contributed by atoms with van der Waals surface area (Å²) >= 11 is 1.21. The van der Waals surface area contributed by atoms with Crippen molar-refractivity contribution < 1.29 is 4.79 Å². The van der Waals surface area contributed by atoms with Crippen molar-refractivity contribution in [2.45, 2.75) is 26.9 Å². The standard InChI is InChI=1S/C25H25N3O3S/c1-16-10-8-9-13-19(16)15-28-24-20(17(2)21(32-24)23(30)26(3)4)22(29)27(25(28)31)14-18-11-6-5-7-12-18/h5-13H,14-15H2,1-4H3. The van der Waals surface area contributed by atoms with Gasteiger partial charge in [0, 0.05) is 14.1 Å². The highest BCUT2D eigenvalue weighted by atomic mass is 32.1. The first-order valence-electron chi connectivity index (χ1n) is 10.4. The van der Waals surface area contributed by atoms with E-state index >= 15 is 0 Å². The van der Waals surface area contributed by atoms with Crippen molar-refractivity contribution >= 4 is 27.5 Å². The quantitative estimate of drug-likeness (QED) is 0.469. The fourth-order valence-corrected chi connectivity index (χ4v) is 5.12. The summed E-state index contributed by atoms with van der Waals surface area (Å²) in [5.74, 6) is -0.174. The summed E-state index contributed by atoms with van der Waals surface area (Å²) in [7, 11) is 3.36. The third-order valence-electron chi connectivity index (χ3n) is 5.67. The third-order valence-corrected chi connectivity index (χ3v) is 6.97. The normalized spacial score (nSPS) is 11.1. The molecular weight excluding hydrogens is 422 g/mol. The zero-order valence-corrected chi connectivity index (χ0v) is 19.4. The second-order valence-corrected chi connectivity index (χ2v) is 9.11. The summed E-state index contributed by atoms with van der Waals surface area (Å²) < 4.78 is 2.91. The zero-order chi connectivity index (χ0) is 23.0. The van der Waals surface area contributed by atoms with Gasteiger partial charge in [-0.1, -0.05) is 54.6 Å². The number of aromatic nitrogens is 2. The fourth-order valence-electron chi connectivity index (χ4n) is 3.80. The van der Waals surface area contributed by atoms with E-state index in [1.807, 2.05) is 61.5 Å². The van der Waals surface area contributed by atoms with Gasteiger partial charge in [-0.25, -0.2) is 4.79 Å². The largest absolute Gasteiger partial charge is 0.344 e. The molecule has 4 rings (SSSR count). The van der Waals surface area contributed by atoms with Crippen molar-refractivity contribution in [2.24, 2.45) is 0 Å². The molecule has 4 aromatic rings. The Morgan fingerprint density at radius 2 is 1.56 bits per heavy atom. The molecule has 2 aromatic carbocycles. The van der Waals surface area contributed by atoms with Crippen LogP contribution in [-0.4, -0.2) is 34.0 Å². The third kappa shape index (κ3) is 3.80. The summed E-state index contributed by atoms with van der Waals surface area (Å²) in [5, 5.41) is 0.435. The average molecular weight is 448 g/mol. The van der Waals surface area contributed by atoms with Gasteiger partial charge in [0.25, 0.3) is 11.5 Å². The van der Waals surface area contributed by atoms with Crippen LogP contribution in [0, 0.1) is 13.8 Å². The predicted octanol–water partition coefficient (Wildman–Crippen LogP) is 3.64. The number of aryl methyl sites for hydroxylation is 2. The van der Waals surface area contributed by atoms with E-state index in [4.69, 9.17) is 0 Å². The van der Waals surface area contributed by atoms with E-state index in [0.29, 0.717) is 27.2 Å². The number of carbonyl (C=O) groups is 1. The lowest BCUT2D eigenvalue weighted by atomic mass is 10.1. The molecule has 0 bridgehead atoms. The number of carbonyl (C=O) groups excluding carboxylic acids is 1. The van der Waals surface area contributed by atoms with Crippen molar-refractivity contribution in [3.05, 3.63) is 103 Å². The summed E-state index contributed by atoms with van der Waals surface area (Å²) in [6.45, 7) is 4.28. The maximum Gasteiger partial charge on any atom is 0.332 e. The van der Waals surface area contributed by atoms with Gasteiger partial charge in [-0.05, 0) is 36.1 Å². The van der Waals surface area contributed by atoms with Crippen LogP contribution in [0.15, 0.2) is 64.2 Å². The van der Waals surface area contributed by atoms with Gasteiger partial charge in [0.2, 0.25) is 0 Å². The maximum absolute atomic E-state index is 13.6. The molecule has 0 aliphatic heterocycles. The lowest BCUT2D eigenvalue weighted by Crippen LogP contribution is -2.40. The highest BCUT2D eigenvalue weighted by Crippen LogP contribution is 2.29. The minimum atomic E-state index is -0.375. The van der Waals surface area contributed by atoms with Gasteiger partial charge < -0.3 is 4.90 Å². The molecule has 6 nitrogen and oxygen atoms in total. The number of thiophene rings is 1. The number of amides is 1. The van der Waals surface area contributed by atoms with E-state index in [9.17, 15) is 14.4 Å². The van der Waals surface area contributed by atoms with Gasteiger partial charge in [-0.3, -0.25) is 18.7 Å². The Bertz CT molecular complexity index is 1430. The number of fused-ring (bicyclic) bond motifs is 1. The van der Waals surface area contributed by atoms with Gasteiger partial charge in [-0.2, -0.15) is 0 Å². The summed E-state index contributed by atoms with van der Waals surface area (Å²) in [5.41, 5.74) is 2.81. The summed E-state index contributed by atoms with van der Waals surface area (Å²) in [6.07, 6.45) is 0. The van der Waals surface area contributed by atoms with Crippen LogP contribution < -0.4 is 11.2 Å². The van der Waals surface area contributed by atoms with Crippen LogP contribution in [-0.2, 0) is 13.1 Å². The molecule has 0 aliphatic rings. The van der Waals surface area contributed by atoms with Crippen LogP contribution in [0.1, 0.15) is 31.9 Å². The second-order valence-electron chi connectivity index (χ2n) is 8.11. The van der Waals surface area contributed by atoms with E-state index in [1.54, 1.807) is 25.6 Å². The first kappa shape index (κ1) is 21.8. The molecular formula is C25H25N3O3S. The Labute approximate surface area is 190 Å². The van der Waals surface area contributed by atoms with Crippen LogP contribution >= 0.6 is 11.3 Å². The minimum Gasteiger partial charge on any atom is -0.344 e. The van der Waals surface area contributed by atoms with Crippen molar-refractivity contribution in [3.63, 3.8) is 0 Å². The zero-order valence-electron chi connectivity index (χ0n) is 18.6. The number of rotatable bonds is 5.